The number of piperidine rings is 2. The Hall–Kier alpha value is -2.02. The van der Waals surface area contributed by atoms with E-state index in [1.54, 1.807) is 13.0 Å². The molecule has 5 nitrogen and oxygen atoms in total. The summed E-state index contributed by atoms with van der Waals surface area (Å²) in [6, 6.07) is 3.40. The number of rotatable bonds is 4. The van der Waals surface area contributed by atoms with Crippen LogP contribution >= 0.6 is 0 Å². The summed E-state index contributed by atoms with van der Waals surface area (Å²) in [7, 11) is 0. The smallest absolute Gasteiger partial charge is 0.326 e. The quantitative estimate of drug-likeness (QED) is 0.890. The number of carboxylic acids is 1. The summed E-state index contributed by atoms with van der Waals surface area (Å²) >= 11 is 0. The second-order valence-corrected chi connectivity index (χ2v) is 7.52. The fourth-order valence-electron chi connectivity index (χ4n) is 4.04. The van der Waals surface area contributed by atoms with E-state index in [1.807, 2.05) is 0 Å². The van der Waals surface area contributed by atoms with Crippen molar-refractivity contribution >= 4 is 11.9 Å². The largest absolute Gasteiger partial charge is 0.480 e. The molecule has 1 aromatic rings. The van der Waals surface area contributed by atoms with Gasteiger partial charge in [0.2, 0.25) is 5.91 Å². The molecule has 0 aliphatic carbocycles. The average Bonchev–Trinajstić information content (AvgIpc) is 2.62. The second-order valence-electron chi connectivity index (χ2n) is 7.52. The van der Waals surface area contributed by atoms with Gasteiger partial charge >= 0.3 is 5.97 Å². The Balaban J connectivity index is 1.63. The molecule has 1 spiro atoms. The van der Waals surface area contributed by atoms with E-state index in [-0.39, 0.29) is 11.3 Å². The summed E-state index contributed by atoms with van der Waals surface area (Å²) in [5.41, 5.74) is 0.273. The molecule has 1 atom stereocenters. The van der Waals surface area contributed by atoms with Crippen LogP contribution in [0.1, 0.15) is 38.2 Å². The first kappa shape index (κ1) is 18.8. The van der Waals surface area contributed by atoms with E-state index in [0.29, 0.717) is 25.1 Å². The number of benzene rings is 1. The van der Waals surface area contributed by atoms with Crippen LogP contribution in [0, 0.1) is 17.0 Å². The van der Waals surface area contributed by atoms with Gasteiger partial charge in [0.1, 0.15) is 6.04 Å². The molecule has 26 heavy (non-hydrogen) atoms. The van der Waals surface area contributed by atoms with E-state index >= 15 is 0 Å². The molecule has 7 heteroatoms. The van der Waals surface area contributed by atoms with Crippen LogP contribution in [0.15, 0.2) is 18.2 Å². The van der Waals surface area contributed by atoms with Crippen LogP contribution in [0.2, 0.25) is 0 Å². The molecule has 2 aliphatic heterocycles. The number of hydrogen-bond donors (Lipinski definition) is 1. The molecule has 1 unspecified atom stereocenters. The lowest BCUT2D eigenvalue weighted by Crippen LogP contribution is -2.55. The van der Waals surface area contributed by atoms with Crippen LogP contribution in [0.4, 0.5) is 8.78 Å². The zero-order chi connectivity index (χ0) is 18.9. The number of halogens is 2. The third-order valence-electron chi connectivity index (χ3n) is 5.86. The Labute approximate surface area is 151 Å². The number of nitrogens with zero attached hydrogens (tertiary/aromatic N) is 2. The van der Waals surface area contributed by atoms with Gasteiger partial charge in [-0.05, 0) is 50.8 Å². The molecule has 0 aromatic heterocycles. The number of carbonyl (C=O) groups excluding carboxylic acids is 1. The highest BCUT2D eigenvalue weighted by molar-refractivity contribution is 5.84. The van der Waals surface area contributed by atoms with Crippen LogP contribution in [0.3, 0.4) is 0 Å². The van der Waals surface area contributed by atoms with Gasteiger partial charge in [-0.2, -0.15) is 0 Å². The molecule has 2 aliphatic rings. The van der Waals surface area contributed by atoms with Crippen LogP contribution < -0.4 is 0 Å². The Bertz CT molecular complexity index is 702. The molecule has 0 radical (unpaired) electrons. The summed E-state index contributed by atoms with van der Waals surface area (Å²) in [4.78, 5) is 26.9. The summed E-state index contributed by atoms with van der Waals surface area (Å²) in [6.45, 7) is 3.80. The minimum absolute atomic E-state index is 0.0748. The lowest BCUT2D eigenvalue weighted by molar-refractivity contribution is -0.155. The number of likely N-dealkylation sites (tertiary alicyclic amines) is 2. The van der Waals surface area contributed by atoms with E-state index in [0.717, 1.165) is 38.4 Å². The second kappa shape index (κ2) is 7.31. The van der Waals surface area contributed by atoms with Gasteiger partial charge in [-0.25, -0.2) is 13.6 Å². The molecule has 0 saturated carbocycles. The lowest BCUT2D eigenvalue weighted by atomic mass is 9.72. The van der Waals surface area contributed by atoms with Crippen molar-refractivity contribution in [2.75, 3.05) is 19.6 Å². The van der Waals surface area contributed by atoms with Crippen LogP contribution in [-0.2, 0) is 16.1 Å². The molecule has 142 valence electrons. The van der Waals surface area contributed by atoms with E-state index in [2.05, 4.69) is 4.90 Å². The van der Waals surface area contributed by atoms with Crippen molar-refractivity contribution in [1.29, 1.82) is 0 Å². The maximum Gasteiger partial charge on any atom is 0.326 e. The monoisotopic (exact) mass is 366 g/mol. The van der Waals surface area contributed by atoms with Crippen molar-refractivity contribution in [2.24, 2.45) is 5.41 Å². The third kappa shape index (κ3) is 3.72. The topological polar surface area (TPSA) is 60.9 Å². The molecule has 1 amide bonds. The zero-order valence-electron chi connectivity index (χ0n) is 14.9. The predicted octanol–water partition coefficient (Wildman–Crippen LogP) is 2.64. The molecule has 2 heterocycles. The maximum absolute atomic E-state index is 13.9. The summed E-state index contributed by atoms with van der Waals surface area (Å²) in [5, 5.41) is 9.23. The highest BCUT2D eigenvalue weighted by Gasteiger charge is 2.43. The number of hydrogen-bond acceptors (Lipinski definition) is 3. The minimum Gasteiger partial charge on any atom is -0.480 e. The summed E-state index contributed by atoms with van der Waals surface area (Å²) < 4.78 is 27.2. The Morgan fingerprint density at radius 3 is 2.62 bits per heavy atom. The minimum atomic E-state index is -0.991. The van der Waals surface area contributed by atoms with Gasteiger partial charge in [0.15, 0.2) is 11.6 Å². The molecular weight excluding hydrogens is 342 g/mol. The fourth-order valence-corrected chi connectivity index (χ4v) is 4.04. The van der Waals surface area contributed by atoms with Crippen LogP contribution in [0.25, 0.3) is 0 Å². The molecule has 0 bridgehead atoms. The van der Waals surface area contributed by atoms with Crippen molar-refractivity contribution in [3.63, 3.8) is 0 Å². The molecule has 1 aromatic carbocycles. The molecular formula is C19H24F2N2O3. The van der Waals surface area contributed by atoms with Gasteiger partial charge < -0.3 is 10.0 Å². The SMILES string of the molecule is CC(C(=O)O)N1CC2(CCC1=O)CCN(Cc1cccc(F)c1F)CC2. The van der Waals surface area contributed by atoms with Crippen LogP contribution in [0.5, 0.6) is 0 Å². The number of amides is 1. The Morgan fingerprint density at radius 1 is 1.27 bits per heavy atom. The first-order valence-corrected chi connectivity index (χ1v) is 8.99. The Morgan fingerprint density at radius 2 is 1.96 bits per heavy atom. The van der Waals surface area contributed by atoms with E-state index in [1.165, 1.54) is 11.0 Å². The van der Waals surface area contributed by atoms with Gasteiger partial charge in [0.05, 0.1) is 0 Å². The first-order chi connectivity index (χ1) is 12.3. The molecule has 2 saturated heterocycles. The highest BCUT2D eigenvalue weighted by atomic mass is 19.2. The van der Waals surface area contributed by atoms with Gasteiger partial charge in [0.25, 0.3) is 0 Å². The molecule has 1 N–H and O–H groups in total. The van der Waals surface area contributed by atoms with Crippen molar-refractivity contribution in [3.8, 4) is 0 Å². The number of carbonyl (C=O) groups is 2. The van der Waals surface area contributed by atoms with Crippen molar-refractivity contribution < 1.29 is 23.5 Å². The van der Waals surface area contributed by atoms with Crippen LogP contribution in [-0.4, -0.2) is 52.5 Å². The average molecular weight is 366 g/mol. The van der Waals surface area contributed by atoms with E-state index in [9.17, 15) is 23.5 Å². The van der Waals surface area contributed by atoms with E-state index < -0.39 is 23.6 Å². The standard InChI is InChI=1S/C19H24F2N2O3/c1-13(18(25)26)23-12-19(6-5-16(23)24)7-9-22(10-8-19)11-14-3-2-4-15(20)17(14)21/h2-4,13H,5-12H2,1H3,(H,25,26). The summed E-state index contributed by atoms with van der Waals surface area (Å²) in [6.07, 6.45) is 2.77. The van der Waals surface area contributed by atoms with Gasteiger partial charge in [0, 0.05) is 25.1 Å². The van der Waals surface area contributed by atoms with Gasteiger partial charge in [-0.15, -0.1) is 0 Å². The molecule has 2 fully saturated rings. The number of aliphatic carboxylic acids is 1. The summed E-state index contributed by atoms with van der Waals surface area (Å²) in [5.74, 6) is -2.72. The fraction of sp³-hybridized carbons (Fsp3) is 0.579. The number of carboxylic acid groups (broad SMARTS) is 1. The van der Waals surface area contributed by atoms with Crippen molar-refractivity contribution in [1.82, 2.24) is 9.80 Å². The van der Waals surface area contributed by atoms with Gasteiger partial charge in [-0.1, -0.05) is 12.1 Å². The first-order valence-electron chi connectivity index (χ1n) is 8.99. The highest BCUT2D eigenvalue weighted by Crippen LogP contribution is 2.41. The predicted molar refractivity (Wildman–Crippen MR) is 91.3 cm³/mol. The lowest BCUT2D eigenvalue weighted by Gasteiger charge is -2.48. The maximum atomic E-state index is 13.9. The zero-order valence-corrected chi connectivity index (χ0v) is 14.9. The van der Waals surface area contributed by atoms with Crippen molar-refractivity contribution in [3.05, 3.63) is 35.4 Å². The molecule has 3 rings (SSSR count). The van der Waals surface area contributed by atoms with Crippen molar-refractivity contribution in [2.45, 2.75) is 45.2 Å². The Kier molecular flexibility index (Phi) is 5.27. The van der Waals surface area contributed by atoms with E-state index in [4.69, 9.17) is 0 Å². The normalized spacial score (nSPS) is 21.8. The third-order valence-corrected chi connectivity index (χ3v) is 5.86. The van der Waals surface area contributed by atoms with Gasteiger partial charge in [-0.3, -0.25) is 9.69 Å².